The highest BCUT2D eigenvalue weighted by atomic mass is 16.5. The number of ether oxygens (including phenoxy) is 1. The number of aryl methyl sites for hydroxylation is 2. The zero-order valence-corrected chi connectivity index (χ0v) is 12.3. The van der Waals surface area contributed by atoms with Gasteiger partial charge in [0.2, 0.25) is 0 Å². The van der Waals surface area contributed by atoms with Crippen molar-refractivity contribution in [3.8, 4) is 5.75 Å². The van der Waals surface area contributed by atoms with Crippen molar-refractivity contribution in [1.82, 2.24) is 0 Å². The highest BCUT2D eigenvalue weighted by molar-refractivity contribution is 5.44. The number of hydrogen-bond acceptors (Lipinski definition) is 2. The van der Waals surface area contributed by atoms with Crippen LogP contribution in [0.5, 0.6) is 5.75 Å². The molecule has 1 aliphatic carbocycles. The predicted octanol–water partition coefficient (Wildman–Crippen LogP) is 3.68. The Morgan fingerprint density at radius 2 is 2.00 bits per heavy atom. The van der Waals surface area contributed by atoms with Crippen LogP contribution in [0.15, 0.2) is 24.3 Å². The molecule has 0 aromatic heterocycles. The van der Waals surface area contributed by atoms with Crippen molar-refractivity contribution in [3.63, 3.8) is 0 Å². The van der Waals surface area contributed by atoms with Gasteiger partial charge in [-0.3, -0.25) is 0 Å². The molecular formula is C17H25NO. The van der Waals surface area contributed by atoms with E-state index in [1.165, 1.54) is 29.5 Å². The van der Waals surface area contributed by atoms with E-state index in [4.69, 9.17) is 10.5 Å². The molecule has 0 fully saturated rings. The number of rotatable bonds is 4. The first-order valence-corrected chi connectivity index (χ1v) is 7.25. The lowest BCUT2D eigenvalue weighted by Gasteiger charge is -2.22. The predicted molar refractivity (Wildman–Crippen MR) is 80.7 cm³/mol. The van der Waals surface area contributed by atoms with Gasteiger partial charge in [0.05, 0.1) is 0 Å². The second kappa shape index (κ2) is 6.25. The lowest BCUT2D eigenvalue weighted by atomic mass is 10.0. The largest absolute Gasteiger partial charge is 0.486 e. The van der Waals surface area contributed by atoms with Crippen molar-refractivity contribution in [3.05, 3.63) is 41.0 Å². The summed E-state index contributed by atoms with van der Waals surface area (Å²) in [5.41, 5.74) is 9.61. The first kappa shape index (κ1) is 14.1. The van der Waals surface area contributed by atoms with Crippen LogP contribution in [0, 0.1) is 13.8 Å². The molecule has 104 valence electrons. The summed E-state index contributed by atoms with van der Waals surface area (Å²) in [4.78, 5) is 0. The Morgan fingerprint density at radius 3 is 2.53 bits per heavy atom. The van der Waals surface area contributed by atoms with Gasteiger partial charge in [0.25, 0.3) is 0 Å². The van der Waals surface area contributed by atoms with Crippen LogP contribution in [-0.4, -0.2) is 12.1 Å². The fraction of sp³-hybridized carbons (Fsp3) is 0.529. The highest BCUT2D eigenvalue weighted by Crippen LogP contribution is 2.28. The molecule has 0 bridgehead atoms. The summed E-state index contributed by atoms with van der Waals surface area (Å²) in [5, 5.41) is 0. The van der Waals surface area contributed by atoms with Crippen molar-refractivity contribution in [1.29, 1.82) is 0 Å². The topological polar surface area (TPSA) is 35.2 Å². The number of hydrogen-bond donors (Lipinski definition) is 1. The van der Waals surface area contributed by atoms with Crippen LogP contribution < -0.4 is 10.5 Å². The van der Waals surface area contributed by atoms with Gasteiger partial charge in [-0.05, 0) is 69.2 Å². The van der Waals surface area contributed by atoms with Crippen LogP contribution in [0.2, 0.25) is 0 Å². The molecule has 2 nitrogen and oxygen atoms in total. The molecule has 19 heavy (non-hydrogen) atoms. The smallest absolute Gasteiger partial charge is 0.126 e. The molecule has 0 aliphatic heterocycles. The number of allylic oxidation sites excluding steroid dienone is 1. The monoisotopic (exact) mass is 259 g/mol. The highest BCUT2D eigenvalue weighted by Gasteiger charge is 2.14. The van der Waals surface area contributed by atoms with E-state index in [1.54, 1.807) is 0 Å². The van der Waals surface area contributed by atoms with Crippen LogP contribution in [-0.2, 0) is 6.42 Å². The van der Waals surface area contributed by atoms with Gasteiger partial charge < -0.3 is 10.5 Å². The van der Waals surface area contributed by atoms with Gasteiger partial charge in [0.1, 0.15) is 11.9 Å². The zero-order valence-electron chi connectivity index (χ0n) is 12.3. The van der Waals surface area contributed by atoms with E-state index >= 15 is 0 Å². The number of benzene rings is 1. The SMILES string of the molecule is Cc1cc(CC(C)N)cc(C)c1OC1C=CCCC1. The van der Waals surface area contributed by atoms with Crippen LogP contribution >= 0.6 is 0 Å². The first-order valence-electron chi connectivity index (χ1n) is 7.25. The molecule has 0 amide bonds. The molecule has 1 aromatic rings. The summed E-state index contributed by atoms with van der Waals surface area (Å²) in [6, 6.07) is 4.61. The molecule has 2 unspecified atom stereocenters. The maximum absolute atomic E-state index is 6.16. The summed E-state index contributed by atoms with van der Waals surface area (Å²) < 4.78 is 6.16. The Morgan fingerprint density at radius 1 is 1.32 bits per heavy atom. The van der Waals surface area contributed by atoms with Crippen molar-refractivity contribution in [2.24, 2.45) is 5.73 Å². The normalized spacial score (nSPS) is 20.3. The molecule has 0 radical (unpaired) electrons. The second-order valence-electron chi connectivity index (χ2n) is 5.76. The van der Waals surface area contributed by atoms with Gasteiger partial charge in [-0.25, -0.2) is 0 Å². The molecular weight excluding hydrogens is 234 g/mol. The Kier molecular flexibility index (Phi) is 4.65. The van der Waals surface area contributed by atoms with Crippen LogP contribution in [0.25, 0.3) is 0 Å². The van der Waals surface area contributed by atoms with Gasteiger partial charge in [-0.1, -0.05) is 18.2 Å². The van der Waals surface area contributed by atoms with Crippen LogP contribution in [0.1, 0.15) is 42.9 Å². The van der Waals surface area contributed by atoms with Crippen molar-refractivity contribution >= 4 is 0 Å². The Hall–Kier alpha value is -1.28. The average molecular weight is 259 g/mol. The van der Waals surface area contributed by atoms with Crippen molar-refractivity contribution < 1.29 is 4.74 Å². The average Bonchev–Trinajstić information content (AvgIpc) is 2.34. The Labute approximate surface area is 116 Å². The third-order valence-corrected chi connectivity index (χ3v) is 3.56. The van der Waals surface area contributed by atoms with Crippen molar-refractivity contribution in [2.75, 3.05) is 0 Å². The Balaban J connectivity index is 2.16. The summed E-state index contributed by atoms with van der Waals surface area (Å²) in [6.07, 6.45) is 9.11. The van der Waals surface area contributed by atoms with E-state index in [-0.39, 0.29) is 12.1 Å². The molecule has 0 saturated carbocycles. The molecule has 2 atom stereocenters. The van der Waals surface area contributed by atoms with E-state index in [0.717, 1.165) is 18.6 Å². The lowest BCUT2D eigenvalue weighted by molar-refractivity contribution is 0.227. The van der Waals surface area contributed by atoms with Crippen LogP contribution in [0.3, 0.4) is 0 Å². The summed E-state index contributed by atoms with van der Waals surface area (Å²) in [7, 11) is 0. The summed E-state index contributed by atoms with van der Waals surface area (Å²) in [6.45, 7) is 6.29. The molecule has 2 heteroatoms. The van der Waals surface area contributed by atoms with E-state index in [0.29, 0.717) is 0 Å². The van der Waals surface area contributed by atoms with Gasteiger partial charge in [-0.15, -0.1) is 0 Å². The fourth-order valence-corrected chi connectivity index (χ4v) is 2.75. The molecule has 1 aromatic carbocycles. The van der Waals surface area contributed by atoms with Crippen molar-refractivity contribution in [2.45, 2.75) is 58.6 Å². The fourth-order valence-electron chi connectivity index (χ4n) is 2.75. The molecule has 1 aliphatic rings. The third kappa shape index (κ3) is 3.84. The third-order valence-electron chi connectivity index (χ3n) is 3.56. The minimum Gasteiger partial charge on any atom is -0.486 e. The van der Waals surface area contributed by atoms with E-state index in [9.17, 15) is 0 Å². The van der Waals surface area contributed by atoms with E-state index in [2.05, 4.69) is 38.1 Å². The van der Waals surface area contributed by atoms with Gasteiger partial charge in [0.15, 0.2) is 0 Å². The minimum absolute atomic E-state index is 0.201. The maximum Gasteiger partial charge on any atom is 0.126 e. The van der Waals surface area contributed by atoms with E-state index < -0.39 is 0 Å². The molecule has 0 saturated heterocycles. The Bertz CT molecular complexity index is 439. The zero-order chi connectivity index (χ0) is 13.8. The van der Waals surface area contributed by atoms with Gasteiger partial charge in [-0.2, -0.15) is 0 Å². The quantitative estimate of drug-likeness (QED) is 0.837. The molecule has 0 spiro atoms. The standard InChI is InChI=1S/C17H25NO/c1-12-9-15(11-14(3)18)10-13(2)17(12)19-16-7-5-4-6-8-16/h5,7,9-10,14,16H,4,6,8,11,18H2,1-3H3. The maximum atomic E-state index is 6.16. The van der Waals surface area contributed by atoms with Gasteiger partial charge >= 0.3 is 0 Å². The van der Waals surface area contributed by atoms with E-state index in [1.807, 2.05) is 6.92 Å². The van der Waals surface area contributed by atoms with Crippen LogP contribution in [0.4, 0.5) is 0 Å². The second-order valence-corrected chi connectivity index (χ2v) is 5.76. The first-order chi connectivity index (χ1) is 9.06. The minimum atomic E-state index is 0.201. The molecule has 2 rings (SSSR count). The molecule has 0 heterocycles. The summed E-state index contributed by atoms with van der Waals surface area (Å²) in [5.74, 6) is 1.05. The lowest BCUT2D eigenvalue weighted by Crippen LogP contribution is -2.19. The van der Waals surface area contributed by atoms with Gasteiger partial charge in [0, 0.05) is 6.04 Å². The number of nitrogens with two attached hydrogens (primary N) is 1. The summed E-state index contributed by atoms with van der Waals surface area (Å²) >= 11 is 0. The molecule has 2 N–H and O–H groups in total.